The molecule has 0 spiro atoms. The zero-order chi connectivity index (χ0) is 12.7. The molecule has 2 N–H and O–H groups in total. The molecule has 4 heteroatoms. The molecule has 1 amide bonds. The number of rotatable bonds is 8. The summed E-state index contributed by atoms with van der Waals surface area (Å²) in [5, 5.41) is 6.35. The molecule has 17 heavy (non-hydrogen) atoms. The van der Waals surface area contributed by atoms with Gasteiger partial charge >= 0.3 is 0 Å². The van der Waals surface area contributed by atoms with E-state index in [0.29, 0.717) is 17.1 Å². The van der Waals surface area contributed by atoms with Gasteiger partial charge in [-0.15, -0.1) is 0 Å². The lowest BCUT2D eigenvalue weighted by Crippen LogP contribution is -2.44. The van der Waals surface area contributed by atoms with Crippen LogP contribution in [0, 0.1) is 5.92 Å². The van der Waals surface area contributed by atoms with Crippen LogP contribution in [0.25, 0.3) is 0 Å². The van der Waals surface area contributed by atoms with Crippen molar-refractivity contribution in [3.63, 3.8) is 0 Å². The minimum Gasteiger partial charge on any atom is -0.356 e. The molecule has 100 valence electrons. The van der Waals surface area contributed by atoms with Crippen LogP contribution in [0.5, 0.6) is 0 Å². The molecular formula is C13H26N2OS. The summed E-state index contributed by atoms with van der Waals surface area (Å²) in [6.07, 6.45) is 6.78. The number of carbonyl (C=O) groups is 1. The summed E-state index contributed by atoms with van der Waals surface area (Å²) in [5.41, 5.74) is 0. The van der Waals surface area contributed by atoms with Gasteiger partial charge < -0.3 is 10.6 Å². The van der Waals surface area contributed by atoms with Crippen LogP contribution < -0.4 is 10.6 Å². The summed E-state index contributed by atoms with van der Waals surface area (Å²) in [7, 11) is 0. The van der Waals surface area contributed by atoms with Crippen LogP contribution in [0.3, 0.4) is 0 Å². The Balaban J connectivity index is 2.01. The van der Waals surface area contributed by atoms with Crippen molar-refractivity contribution in [2.24, 2.45) is 5.92 Å². The van der Waals surface area contributed by atoms with Gasteiger partial charge in [-0.25, -0.2) is 0 Å². The molecule has 0 heterocycles. The van der Waals surface area contributed by atoms with Crippen molar-refractivity contribution in [3.05, 3.63) is 0 Å². The second kappa shape index (κ2) is 7.27. The molecule has 0 aliphatic heterocycles. The van der Waals surface area contributed by atoms with Gasteiger partial charge in [-0.05, 0) is 25.0 Å². The van der Waals surface area contributed by atoms with Crippen LogP contribution in [0.15, 0.2) is 0 Å². The predicted octanol–water partition coefficient (Wildman–Crippen LogP) is 2.02. The minimum atomic E-state index is 0.165. The second-order valence-electron chi connectivity index (χ2n) is 5.37. The zero-order valence-electron chi connectivity index (χ0n) is 11.3. The largest absolute Gasteiger partial charge is 0.356 e. The molecule has 0 aromatic carbocycles. The highest BCUT2D eigenvalue weighted by atomic mass is 32.2. The standard InChI is InChI=1S/C13H26N2OS/c1-11(2)9-15-12(16)5-8-14-10-13(17-3)6-4-7-13/h11,14H,4-10H2,1-3H3,(H,15,16). The van der Waals surface area contributed by atoms with Gasteiger partial charge in [0.25, 0.3) is 0 Å². The number of hydrogen-bond donors (Lipinski definition) is 2. The zero-order valence-corrected chi connectivity index (χ0v) is 12.2. The molecule has 0 aromatic heterocycles. The van der Waals surface area contributed by atoms with E-state index < -0.39 is 0 Å². The molecule has 0 radical (unpaired) electrons. The van der Waals surface area contributed by atoms with Crippen molar-refractivity contribution in [2.75, 3.05) is 25.9 Å². The molecule has 0 saturated heterocycles. The molecule has 1 saturated carbocycles. The average Bonchev–Trinajstić information content (AvgIpc) is 2.24. The lowest BCUT2D eigenvalue weighted by Gasteiger charge is -2.40. The van der Waals surface area contributed by atoms with E-state index in [1.54, 1.807) is 0 Å². The van der Waals surface area contributed by atoms with Gasteiger partial charge in [-0.1, -0.05) is 20.3 Å². The number of nitrogens with one attached hydrogen (secondary N) is 2. The number of hydrogen-bond acceptors (Lipinski definition) is 3. The molecule has 3 nitrogen and oxygen atoms in total. The van der Waals surface area contributed by atoms with Crippen LogP contribution in [-0.4, -0.2) is 36.5 Å². The lowest BCUT2D eigenvalue weighted by atomic mass is 9.84. The molecule has 0 aromatic rings. The van der Waals surface area contributed by atoms with Gasteiger partial charge in [0.05, 0.1) is 0 Å². The Bertz CT molecular complexity index is 234. The van der Waals surface area contributed by atoms with Crippen molar-refractivity contribution in [2.45, 2.75) is 44.3 Å². The van der Waals surface area contributed by atoms with Gasteiger partial charge in [0.2, 0.25) is 5.91 Å². The maximum absolute atomic E-state index is 11.5. The summed E-state index contributed by atoms with van der Waals surface area (Å²) >= 11 is 1.97. The number of amides is 1. The first-order chi connectivity index (χ1) is 8.08. The van der Waals surface area contributed by atoms with E-state index in [1.165, 1.54) is 19.3 Å². The van der Waals surface area contributed by atoms with E-state index in [9.17, 15) is 4.79 Å². The van der Waals surface area contributed by atoms with Crippen molar-refractivity contribution >= 4 is 17.7 Å². The highest BCUT2D eigenvalue weighted by molar-refractivity contribution is 8.00. The fourth-order valence-corrected chi connectivity index (χ4v) is 2.89. The first-order valence-electron chi connectivity index (χ1n) is 6.60. The van der Waals surface area contributed by atoms with E-state index in [-0.39, 0.29) is 5.91 Å². The van der Waals surface area contributed by atoms with E-state index in [4.69, 9.17) is 0 Å². The highest BCUT2D eigenvalue weighted by Gasteiger charge is 2.35. The van der Waals surface area contributed by atoms with Gasteiger partial charge in [-0.2, -0.15) is 11.8 Å². The van der Waals surface area contributed by atoms with Gasteiger partial charge in [-0.3, -0.25) is 4.79 Å². The Morgan fingerprint density at radius 2 is 2.12 bits per heavy atom. The van der Waals surface area contributed by atoms with Crippen molar-refractivity contribution < 1.29 is 4.79 Å². The maximum Gasteiger partial charge on any atom is 0.221 e. The topological polar surface area (TPSA) is 41.1 Å². The summed E-state index contributed by atoms with van der Waals surface area (Å²) in [6.45, 7) is 6.85. The van der Waals surface area contributed by atoms with E-state index >= 15 is 0 Å². The quantitative estimate of drug-likeness (QED) is 0.655. The maximum atomic E-state index is 11.5. The third-order valence-electron chi connectivity index (χ3n) is 3.38. The molecule has 0 unspecified atom stereocenters. The first-order valence-corrected chi connectivity index (χ1v) is 7.83. The van der Waals surface area contributed by atoms with E-state index in [2.05, 4.69) is 30.7 Å². The average molecular weight is 258 g/mol. The number of carbonyl (C=O) groups excluding carboxylic acids is 1. The molecule has 1 aliphatic rings. The molecular weight excluding hydrogens is 232 g/mol. The molecule has 1 aliphatic carbocycles. The number of thioether (sulfide) groups is 1. The van der Waals surface area contributed by atoms with Crippen LogP contribution in [0.4, 0.5) is 0 Å². The van der Waals surface area contributed by atoms with E-state index in [1.807, 2.05) is 11.8 Å². The van der Waals surface area contributed by atoms with Crippen LogP contribution in [0.2, 0.25) is 0 Å². The first kappa shape index (κ1) is 14.8. The van der Waals surface area contributed by atoms with Crippen molar-refractivity contribution in [1.29, 1.82) is 0 Å². The smallest absolute Gasteiger partial charge is 0.221 e. The summed E-state index contributed by atoms with van der Waals surface area (Å²) in [6, 6.07) is 0. The lowest BCUT2D eigenvalue weighted by molar-refractivity contribution is -0.121. The monoisotopic (exact) mass is 258 g/mol. The third-order valence-corrected chi connectivity index (χ3v) is 4.80. The van der Waals surface area contributed by atoms with Gasteiger partial charge in [0.1, 0.15) is 0 Å². The molecule has 0 atom stereocenters. The Morgan fingerprint density at radius 1 is 1.41 bits per heavy atom. The molecule has 1 rings (SSSR count). The molecule has 0 bridgehead atoms. The van der Waals surface area contributed by atoms with Crippen molar-refractivity contribution in [3.8, 4) is 0 Å². The summed E-state index contributed by atoms with van der Waals surface area (Å²) in [4.78, 5) is 11.5. The van der Waals surface area contributed by atoms with Crippen LogP contribution in [0.1, 0.15) is 39.5 Å². The Morgan fingerprint density at radius 3 is 2.59 bits per heavy atom. The fraction of sp³-hybridized carbons (Fsp3) is 0.923. The van der Waals surface area contributed by atoms with Crippen LogP contribution in [-0.2, 0) is 4.79 Å². The van der Waals surface area contributed by atoms with Crippen LogP contribution >= 0.6 is 11.8 Å². The minimum absolute atomic E-state index is 0.165. The Hall–Kier alpha value is -0.220. The van der Waals surface area contributed by atoms with Gasteiger partial charge in [0.15, 0.2) is 0 Å². The van der Waals surface area contributed by atoms with E-state index in [0.717, 1.165) is 19.6 Å². The van der Waals surface area contributed by atoms with Crippen molar-refractivity contribution in [1.82, 2.24) is 10.6 Å². The third kappa shape index (κ3) is 5.30. The van der Waals surface area contributed by atoms with Gasteiger partial charge in [0, 0.05) is 30.8 Å². The fourth-order valence-electron chi connectivity index (χ4n) is 1.95. The normalized spacial score (nSPS) is 17.9. The second-order valence-corrected chi connectivity index (χ2v) is 6.64. The summed E-state index contributed by atoms with van der Waals surface area (Å²) < 4.78 is 0.467. The SMILES string of the molecule is CSC1(CNCCC(=O)NCC(C)C)CCC1. The summed E-state index contributed by atoms with van der Waals surface area (Å²) in [5.74, 6) is 0.694. The molecule has 1 fully saturated rings. The highest BCUT2D eigenvalue weighted by Crippen LogP contribution is 2.42. The Kier molecular flexibility index (Phi) is 6.34. The Labute approximate surface area is 109 Å². The predicted molar refractivity (Wildman–Crippen MR) is 75.4 cm³/mol.